The van der Waals surface area contributed by atoms with Crippen LogP contribution in [0.1, 0.15) is 11.3 Å². The molecule has 0 fully saturated rings. The first kappa shape index (κ1) is 24.1. The number of sulfonamides is 1. The number of hydrogen-bond donors (Lipinski definition) is 2. The predicted molar refractivity (Wildman–Crippen MR) is 131 cm³/mol. The molecule has 0 radical (unpaired) electrons. The van der Waals surface area contributed by atoms with Crippen LogP contribution in [-0.4, -0.2) is 42.9 Å². The second-order valence-electron chi connectivity index (χ2n) is 7.81. The number of halogens is 1. The van der Waals surface area contributed by atoms with Gasteiger partial charge in [0.05, 0.1) is 24.6 Å². The molecule has 2 heterocycles. The van der Waals surface area contributed by atoms with E-state index in [1.165, 1.54) is 19.5 Å². The molecule has 2 N–H and O–H groups in total. The molecule has 0 aliphatic rings. The van der Waals surface area contributed by atoms with Crippen LogP contribution in [0.3, 0.4) is 0 Å². The number of rotatable bonds is 9. The van der Waals surface area contributed by atoms with Crippen LogP contribution in [0.2, 0.25) is 0 Å². The monoisotopic (exact) mass is 494 g/mol. The second kappa shape index (κ2) is 10.1. The number of aromatic nitrogens is 3. The van der Waals surface area contributed by atoms with E-state index in [0.717, 1.165) is 17.4 Å². The molecule has 0 aliphatic heterocycles. The topological polar surface area (TPSA) is 122 Å². The Balaban J connectivity index is 1.47. The lowest BCUT2D eigenvalue weighted by Crippen LogP contribution is -2.21. The van der Waals surface area contributed by atoms with E-state index in [4.69, 9.17) is 4.74 Å². The normalized spacial score (nSPS) is 11.4. The van der Waals surface area contributed by atoms with Crippen LogP contribution in [0.5, 0.6) is 5.75 Å². The molecule has 0 unspecified atom stereocenters. The number of nitriles is 1. The van der Waals surface area contributed by atoms with E-state index in [1.807, 2.05) is 24.3 Å². The number of hydrogen-bond acceptors (Lipinski definition) is 7. The van der Waals surface area contributed by atoms with E-state index in [-0.39, 0.29) is 6.54 Å². The summed E-state index contributed by atoms with van der Waals surface area (Å²) < 4.78 is 46.5. The number of nitrogens with one attached hydrogen (secondary N) is 2. The Labute approximate surface area is 202 Å². The average molecular weight is 495 g/mol. The van der Waals surface area contributed by atoms with Crippen LogP contribution in [0.15, 0.2) is 54.9 Å². The van der Waals surface area contributed by atoms with E-state index in [0.29, 0.717) is 46.9 Å². The SMILES string of the molecule is COc1ccc(F)c2c1cc(C#N)n2CCNc1cc(-c2ccc(CNS(C)(=O)=O)cc2)ncn1. The molecular formula is C24H23FN6O3S. The molecule has 0 bridgehead atoms. The van der Waals surface area contributed by atoms with Gasteiger partial charge in [0.15, 0.2) is 0 Å². The number of methoxy groups -OCH3 is 1. The van der Waals surface area contributed by atoms with Crippen LogP contribution < -0.4 is 14.8 Å². The third-order valence-electron chi connectivity index (χ3n) is 5.40. The lowest BCUT2D eigenvalue weighted by atomic mass is 10.1. The van der Waals surface area contributed by atoms with Gasteiger partial charge in [-0.3, -0.25) is 0 Å². The molecule has 180 valence electrons. The highest BCUT2D eigenvalue weighted by Crippen LogP contribution is 2.31. The Morgan fingerprint density at radius 3 is 2.60 bits per heavy atom. The molecule has 0 saturated heterocycles. The minimum Gasteiger partial charge on any atom is -0.496 e. The summed E-state index contributed by atoms with van der Waals surface area (Å²) in [5.74, 6) is 0.649. The van der Waals surface area contributed by atoms with Crippen molar-refractivity contribution in [3.05, 3.63) is 71.9 Å². The van der Waals surface area contributed by atoms with Gasteiger partial charge in [0.2, 0.25) is 10.0 Å². The minimum absolute atomic E-state index is 0.209. The summed E-state index contributed by atoms with van der Waals surface area (Å²) in [4.78, 5) is 8.55. The Morgan fingerprint density at radius 1 is 1.14 bits per heavy atom. The molecule has 11 heteroatoms. The Bertz CT molecular complexity index is 1510. The maximum Gasteiger partial charge on any atom is 0.209 e. The van der Waals surface area contributed by atoms with Crippen LogP contribution in [0.4, 0.5) is 10.2 Å². The van der Waals surface area contributed by atoms with Crippen LogP contribution >= 0.6 is 0 Å². The molecule has 0 atom stereocenters. The summed E-state index contributed by atoms with van der Waals surface area (Å²) in [5.41, 5.74) is 3.00. The molecule has 9 nitrogen and oxygen atoms in total. The van der Waals surface area contributed by atoms with Crippen molar-refractivity contribution in [2.24, 2.45) is 0 Å². The summed E-state index contributed by atoms with van der Waals surface area (Å²) in [5, 5.41) is 13.3. The van der Waals surface area contributed by atoms with Crippen LogP contribution in [0, 0.1) is 17.1 Å². The van der Waals surface area contributed by atoms with Crippen molar-refractivity contribution in [2.45, 2.75) is 13.1 Å². The van der Waals surface area contributed by atoms with E-state index in [1.54, 1.807) is 22.8 Å². The summed E-state index contributed by atoms with van der Waals surface area (Å²) in [6.07, 6.45) is 2.55. The predicted octanol–water partition coefficient (Wildman–Crippen LogP) is 3.28. The highest BCUT2D eigenvalue weighted by Gasteiger charge is 2.16. The van der Waals surface area contributed by atoms with Gasteiger partial charge in [-0.25, -0.2) is 27.5 Å². The van der Waals surface area contributed by atoms with Crippen LogP contribution in [-0.2, 0) is 23.1 Å². The van der Waals surface area contributed by atoms with Gasteiger partial charge in [-0.2, -0.15) is 5.26 Å². The molecule has 0 saturated carbocycles. The first-order valence-corrected chi connectivity index (χ1v) is 12.5. The van der Waals surface area contributed by atoms with Crippen molar-refractivity contribution >= 4 is 26.7 Å². The van der Waals surface area contributed by atoms with E-state index in [2.05, 4.69) is 26.1 Å². The van der Waals surface area contributed by atoms with Crippen molar-refractivity contribution in [3.8, 4) is 23.1 Å². The highest BCUT2D eigenvalue weighted by atomic mass is 32.2. The zero-order valence-corrected chi connectivity index (χ0v) is 19.9. The van der Waals surface area contributed by atoms with Gasteiger partial charge in [0, 0.05) is 36.7 Å². The number of anilines is 1. The lowest BCUT2D eigenvalue weighted by molar-refractivity contribution is 0.419. The Kier molecular flexibility index (Phi) is 6.95. The third-order valence-corrected chi connectivity index (χ3v) is 6.07. The average Bonchev–Trinajstić information content (AvgIpc) is 3.22. The summed E-state index contributed by atoms with van der Waals surface area (Å²) in [7, 11) is -1.76. The second-order valence-corrected chi connectivity index (χ2v) is 9.64. The largest absolute Gasteiger partial charge is 0.496 e. The zero-order chi connectivity index (χ0) is 25.0. The molecule has 4 rings (SSSR count). The number of benzene rings is 2. The van der Waals surface area contributed by atoms with Gasteiger partial charge >= 0.3 is 0 Å². The van der Waals surface area contributed by atoms with Gasteiger partial charge in [0.25, 0.3) is 0 Å². The fraction of sp³-hybridized carbons (Fsp3) is 0.208. The van der Waals surface area contributed by atoms with Crippen molar-refractivity contribution in [1.29, 1.82) is 5.26 Å². The molecule has 35 heavy (non-hydrogen) atoms. The van der Waals surface area contributed by atoms with E-state index < -0.39 is 15.8 Å². The maximum atomic E-state index is 14.6. The minimum atomic E-state index is -3.26. The number of fused-ring (bicyclic) bond motifs is 1. The smallest absolute Gasteiger partial charge is 0.209 e. The Morgan fingerprint density at radius 2 is 1.91 bits per heavy atom. The van der Waals surface area contributed by atoms with Crippen LogP contribution in [0.25, 0.3) is 22.2 Å². The first-order valence-electron chi connectivity index (χ1n) is 10.6. The summed E-state index contributed by atoms with van der Waals surface area (Å²) in [6.45, 7) is 0.931. The molecule has 0 aliphatic carbocycles. The van der Waals surface area contributed by atoms with Crippen molar-refractivity contribution in [3.63, 3.8) is 0 Å². The Hall–Kier alpha value is -4.01. The van der Waals surface area contributed by atoms with E-state index >= 15 is 0 Å². The van der Waals surface area contributed by atoms with Gasteiger partial charge in [-0.1, -0.05) is 24.3 Å². The van der Waals surface area contributed by atoms with Crippen molar-refractivity contribution in [1.82, 2.24) is 19.3 Å². The standard InChI is InChI=1S/C24H23FN6O3S/c1-34-22-8-7-20(25)24-19(22)11-18(13-26)31(24)10-9-27-23-12-21(28-15-29-23)17-5-3-16(4-6-17)14-30-35(2,32)33/h3-8,11-12,15,30H,9-10,14H2,1-2H3,(H,27,28,29). The van der Waals surface area contributed by atoms with Gasteiger partial charge < -0.3 is 14.6 Å². The first-order chi connectivity index (χ1) is 16.8. The van der Waals surface area contributed by atoms with Gasteiger partial charge in [-0.15, -0.1) is 0 Å². The molecule has 0 spiro atoms. The zero-order valence-electron chi connectivity index (χ0n) is 19.1. The molecular weight excluding hydrogens is 471 g/mol. The fourth-order valence-electron chi connectivity index (χ4n) is 3.73. The van der Waals surface area contributed by atoms with Crippen molar-refractivity contribution in [2.75, 3.05) is 25.2 Å². The van der Waals surface area contributed by atoms with E-state index in [9.17, 15) is 18.1 Å². The molecule has 0 amide bonds. The van der Waals surface area contributed by atoms with Gasteiger partial charge in [0.1, 0.15) is 35.5 Å². The number of ether oxygens (including phenoxy) is 1. The maximum absolute atomic E-state index is 14.6. The summed E-state index contributed by atoms with van der Waals surface area (Å²) >= 11 is 0. The lowest BCUT2D eigenvalue weighted by Gasteiger charge is -2.11. The van der Waals surface area contributed by atoms with Gasteiger partial charge in [-0.05, 0) is 23.8 Å². The molecule has 2 aromatic carbocycles. The molecule has 4 aromatic rings. The fourth-order valence-corrected chi connectivity index (χ4v) is 4.16. The quantitative estimate of drug-likeness (QED) is 0.366. The summed E-state index contributed by atoms with van der Waals surface area (Å²) in [6, 6.07) is 15.7. The number of nitrogens with zero attached hydrogens (tertiary/aromatic N) is 4. The molecule has 2 aromatic heterocycles. The third kappa shape index (κ3) is 5.56. The van der Waals surface area contributed by atoms with Crippen molar-refractivity contribution < 1.29 is 17.5 Å². The highest BCUT2D eigenvalue weighted by molar-refractivity contribution is 7.88.